The number of aromatic hydroxyl groups is 1. The highest BCUT2D eigenvalue weighted by Crippen LogP contribution is 2.12. The summed E-state index contributed by atoms with van der Waals surface area (Å²) in [7, 11) is 0. The van der Waals surface area contributed by atoms with Gasteiger partial charge in [-0.1, -0.05) is 12.1 Å². The highest BCUT2D eigenvalue weighted by Gasteiger charge is 2.24. The van der Waals surface area contributed by atoms with Gasteiger partial charge in [0, 0.05) is 13.0 Å². The van der Waals surface area contributed by atoms with Crippen molar-refractivity contribution in [2.45, 2.75) is 6.42 Å². The largest absolute Gasteiger partial charge is 0.508 e. The molecule has 0 saturated heterocycles. The van der Waals surface area contributed by atoms with Crippen LogP contribution in [-0.4, -0.2) is 28.5 Å². The van der Waals surface area contributed by atoms with E-state index in [1.165, 1.54) is 12.1 Å². The summed E-state index contributed by atoms with van der Waals surface area (Å²) in [5, 5.41) is 17.8. The molecule has 5 nitrogen and oxygen atoms in total. The molecule has 0 saturated carbocycles. The van der Waals surface area contributed by atoms with E-state index in [2.05, 4.69) is 0 Å². The van der Waals surface area contributed by atoms with Gasteiger partial charge in [0.15, 0.2) is 5.78 Å². The first kappa shape index (κ1) is 12.2. The normalized spacial score (nSPS) is 12.1. The summed E-state index contributed by atoms with van der Waals surface area (Å²) in [5.41, 5.74) is 5.87. The zero-order valence-corrected chi connectivity index (χ0v) is 8.59. The lowest BCUT2D eigenvalue weighted by molar-refractivity contribution is -0.145. The molecule has 86 valence electrons. The van der Waals surface area contributed by atoms with Crippen LogP contribution in [0.5, 0.6) is 5.75 Å². The molecule has 0 heterocycles. The molecule has 4 N–H and O–H groups in total. The van der Waals surface area contributed by atoms with Gasteiger partial charge in [0.2, 0.25) is 0 Å². The van der Waals surface area contributed by atoms with E-state index in [1.54, 1.807) is 12.1 Å². The molecular weight excluding hydrogens is 210 g/mol. The molecule has 0 amide bonds. The standard InChI is InChI=1S/C11H13NO4/c12-6-9(11(15)16)10(14)5-7-1-3-8(13)4-2-7/h1-4,9,13H,5-6,12H2,(H,15,16). The number of hydrogen-bond acceptors (Lipinski definition) is 4. The molecule has 1 atom stereocenters. The van der Waals surface area contributed by atoms with Crippen LogP contribution in [0.15, 0.2) is 24.3 Å². The quantitative estimate of drug-likeness (QED) is 0.617. The Morgan fingerprint density at radius 3 is 2.25 bits per heavy atom. The third-order valence-electron chi connectivity index (χ3n) is 2.24. The van der Waals surface area contributed by atoms with E-state index >= 15 is 0 Å². The predicted octanol–water partition coefficient (Wildman–Crippen LogP) is 0.163. The number of hydrogen-bond donors (Lipinski definition) is 3. The summed E-state index contributed by atoms with van der Waals surface area (Å²) in [6.07, 6.45) is 0.00838. The van der Waals surface area contributed by atoms with Crippen molar-refractivity contribution in [1.29, 1.82) is 0 Å². The van der Waals surface area contributed by atoms with Crippen LogP contribution in [0.25, 0.3) is 0 Å². The lowest BCUT2D eigenvalue weighted by atomic mass is 9.98. The van der Waals surface area contributed by atoms with Gasteiger partial charge in [-0.3, -0.25) is 9.59 Å². The molecule has 1 rings (SSSR count). The molecule has 0 aromatic heterocycles. The molecule has 0 bridgehead atoms. The Balaban J connectivity index is 2.70. The van der Waals surface area contributed by atoms with Crippen LogP contribution in [0.4, 0.5) is 0 Å². The van der Waals surface area contributed by atoms with Gasteiger partial charge in [-0.15, -0.1) is 0 Å². The summed E-state index contributed by atoms with van der Waals surface area (Å²) in [4.78, 5) is 22.2. The number of Topliss-reactive ketones (excluding diaryl/α,β-unsaturated/α-hetero) is 1. The van der Waals surface area contributed by atoms with E-state index in [-0.39, 0.29) is 18.7 Å². The second kappa shape index (κ2) is 5.27. The predicted molar refractivity (Wildman–Crippen MR) is 57.0 cm³/mol. The second-order valence-electron chi connectivity index (χ2n) is 3.44. The van der Waals surface area contributed by atoms with Crippen LogP contribution in [0.1, 0.15) is 5.56 Å². The average Bonchev–Trinajstić information content (AvgIpc) is 2.22. The highest BCUT2D eigenvalue weighted by molar-refractivity contribution is 5.99. The Bertz CT molecular complexity index is 385. The Kier molecular flexibility index (Phi) is 4.02. The lowest BCUT2D eigenvalue weighted by Crippen LogP contribution is -2.32. The molecular formula is C11H13NO4. The molecule has 1 aromatic carbocycles. The van der Waals surface area contributed by atoms with Crippen molar-refractivity contribution >= 4 is 11.8 Å². The topological polar surface area (TPSA) is 101 Å². The highest BCUT2D eigenvalue weighted by atomic mass is 16.4. The number of carbonyl (C=O) groups is 2. The minimum atomic E-state index is -1.20. The minimum Gasteiger partial charge on any atom is -0.508 e. The van der Waals surface area contributed by atoms with Gasteiger partial charge in [-0.25, -0.2) is 0 Å². The van der Waals surface area contributed by atoms with Crippen LogP contribution >= 0.6 is 0 Å². The number of carbonyl (C=O) groups excluding carboxylic acids is 1. The number of phenolic OH excluding ortho intramolecular Hbond substituents is 1. The van der Waals surface area contributed by atoms with E-state index in [1.807, 2.05) is 0 Å². The number of rotatable bonds is 5. The number of carboxylic acid groups (broad SMARTS) is 1. The number of carboxylic acids is 1. The molecule has 0 aliphatic carbocycles. The Morgan fingerprint density at radius 1 is 1.25 bits per heavy atom. The van der Waals surface area contributed by atoms with Gasteiger partial charge in [-0.05, 0) is 17.7 Å². The van der Waals surface area contributed by atoms with Crippen molar-refractivity contribution in [3.63, 3.8) is 0 Å². The first-order chi connectivity index (χ1) is 7.54. The summed E-state index contributed by atoms with van der Waals surface area (Å²) in [6.45, 7) is -0.202. The SMILES string of the molecule is NCC(C(=O)O)C(=O)Cc1ccc(O)cc1. The summed E-state index contributed by atoms with van der Waals surface area (Å²) in [6, 6.07) is 6.03. The maximum atomic E-state index is 11.5. The van der Waals surface area contributed by atoms with E-state index in [0.29, 0.717) is 5.56 Å². The van der Waals surface area contributed by atoms with Gasteiger partial charge in [-0.2, -0.15) is 0 Å². The number of aliphatic carboxylic acids is 1. The molecule has 1 aromatic rings. The number of benzene rings is 1. The van der Waals surface area contributed by atoms with Crippen LogP contribution in [0.2, 0.25) is 0 Å². The number of nitrogens with two attached hydrogens (primary N) is 1. The molecule has 0 aliphatic heterocycles. The molecule has 0 radical (unpaired) electrons. The number of ketones is 1. The van der Waals surface area contributed by atoms with Crippen molar-refractivity contribution in [3.8, 4) is 5.75 Å². The van der Waals surface area contributed by atoms with E-state index in [4.69, 9.17) is 15.9 Å². The fourth-order valence-electron chi connectivity index (χ4n) is 1.31. The lowest BCUT2D eigenvalue weighted by Gasteiger charge is -2.08. The maximum absolute atomic E-state index is 11.5. The van der Waals surface area contributed by atoms with Crippen molar-refractivity contribution in [2.24, 2.45) is 11.7 Å². The summed E-state index contributed by atoms with van der Waals surface area (Å²) in [5.74, 6) is -2.69. The third kappa shape index (κ3) is 3.06. The van der Waals surface area contributed by atoms with Gasteiger partial charge < -0.3 is 15.9 Å². The van der Waals surface area contributed by atoms with Crippen molar-refractivity contribution in [2.75, 3.05) is 6.54 Å². The number of phenols is 1. The summed E-state index contributed by atoms with van der Waals surface area (Å²) < 4.78 is 0. The first-order valence-electron chi connectivity index (χ1n) is 4.78. The van der Waals surface area contributed by atoms with Crippen molar-refractivity contribution < 1.29 is 19.8 Å². The van der Waals surface area contributed by atoms with Crippen LogP contribution < -0.4 is 5.73 Å². The molecule has 1 unspecified atom stereocenters. The summed E-state index contributed by atoms with van der Waals surface area (Å²) >= 11 is 0. The van der Waals surface area contributed by atoms with Gasteiger partial charge >= 0.3 is 5.97 Å². The molecule has 0 aliphatic rings. The molecule has 0 fully saturated rings. The Morgan fingerprint density at radius 2 is 1.81 bits per heavy atom. The van der Waals surface area contributed by atoms with Gasteiger partial charge in [0.1, 0.15) is 11.7 Å². The Labute approximate surface area is 92.5 Å². The smallest absolute Gasteiger partial charge is 0.315 e. The molecule has 16 heavy (non-hydrogen) atoms. The fourth-order valence-corrected chi connectivity index (χ4v) is 1.31. The fraction of sp³-hybridized carbons (Fsp3) is 0.273. The van der Waals surface area contributed by atoms with Crippen LogP contribution in [0, 0.1) is 5.92 Å². The molecule has 5 heteroatoms. The zero-order valence-electron chi connectivity index (χ0n) is 8.59. The average molecular weight is 223 g/mol. The monoisotopic (exact) mass is 223 g/mol. The van der Waals surface area contributed by atoms with E-state index in [9.17, 15) is 9.59 Å². The minimum absolute atomic E-state index is 0.00838. The van der Waals surface area contributed by atoms with Gasteiger partial charge in [0.05, 0.1) is 0 Å². The van der Waals surface area contributed by atoms with Crippen molar-refractivity contribution in [1.82, 2.24) is 0 Å². The zero-order chi connectivity index (χ0) is 12.1. The van der Waals surface area contributed by atoms with Crippen molar-refractivity contribution in [3.05, 3.63) is 29.8 Å². The van der Waals surface area contributed by atoms with Crippen LogP contribution in [0.3, 0.4) is 0 Å². The first-order valence-corrected chi connectivity index (χ1v) is 4.78. The second-order valence-corrected chi connectivity index (χ2v) is 3.44. The van der Waals surface area contributed by atoms with E-state index < -0.39 is 17.7 Å². The van der Waals surface area contributed by atoms with Crippen LogP contribution in [-0.2, 0) is 16.0 Å². The Hall–Kier alpha value is -1.88. The maximum Gasteiger partial charge on any atom is 0.315 e. The third-order valence-corrected chi connectivity index (χ3v) is 2.24. The molecule has 0 spiro atoms. The van der Waals surface area contributed by atoms with Gasteiger partial charge in [0.25, 0.3) is 0 Å². The van der Waals surface area contributed by atoms with E-state index in [0.717, 1.165) is 0 Å².